The molecule has 0 spiro atoms. The fourth-order valence-electron chi connectivity index (χ4n) is 1.95. The fourth-order valence-corrected chi connectivity index (χ4v) is 1.95. The molecule has 1 aromatic heterocycles. The molecule has 78 valence electrons. The van der Waals surface area contributed by atoms with E-state index in [0.717, 1.165) is 12.5 Å². The van der Waals surface area contributed by atoms with Crippen LogP contribution >= 0.6 is 0 Å². The van der Waals surface area contributed by atoms with E-state index in [1.54, 1.807) is 0 Å². The highest BCUT2D eigenvalue weighted by atomic mass is 14.9. The van der Waals surface area contributed by atoms with Gasteiger partial charge in [0.05, 0.1) is 0 Å². The molecule has 15 heavy (non-hydrogen) atoms. The molecule has 0 aliphatic heterocycles. The predicted molar refractivity (Wildman–Crippen MR) is 62.7 cm³/mol. The first-order chi connectivity index (χ1) is 7.42. The van der Waals surface area contributed by atoms with Gasteiger partial charge in [0.1, 0.15) is 0 Å². The van der Waals surface area contributed by atoms with E-state index in [1.807, 2.05) is 6.20 Å². The third kappa shape index (κ3) is 2.05. The van der Waals surface area contributed by atoms with Gasteiger partial charge >= 0.3 is 0 Å². The molecular formula is C13H16N2. The lowest BCUT2D eigenvalue weighted by molar-refractivity contribution is 0.639. The van der Waals surface area contributed by atoms with Crippen LogP contribution in [0.3, 0.4) is 0 Å². The van der Waals surface area contributed by atoms with Gasteiger partial charge < -0.3 is 10.3 Å². The molecule has 2 heteroatoms. The van der Waals surface area contributed by atoms with Crippen LogP contribution in [0.5, 0.6) is 0 Å². The zero-order chi connectivity index (χ0) is 10.1. The Morgan fingerprint density at radius 1 is 1.27 bits per heavy atom. The Hall–Kier alpha value is -1.28. The summed E-state index contributed by atoms with van der Waals surface area (Å²) in [5.41, 5.74) is 2.60. The molecule has 2 aromatic rings. The first kappa shape index (κ1) is 8.98. The van der Waals surface area contributed by atoms with Crippen LogP contribution in [0.4, 0.5) is 0 Å². The highest BCUT2D eigenvalue weighted by Gasteiger charge is 2.19. The minimum Gasteiger partial charge on any atom is -0.361 e. The van der Waals surface area contributed by atoms with Crippen molar-refractivity contribution in [3.8, 4) is 0 Å². The summed E-state index contributed by atoms with van der Waals surface area (Å²) in [5.74, 6) is 0.958. The topological polar surface area (TPSA) is 27.8 Å². The lowest BCUT2D eigenvalue weighted by atomic mass is 10.1. The molecule has 1 aliphatic carbocycles. The summed E-state index contributed by atoms with van der Waals surface area (Å²) in [7, 11) is 0. The van der Waals surface area contributed by atoms with Gasteiger partial charge in [-0.3, -0.25) is 0 Å². The first-order valence-electron chi connectivity index (χ1n) is 5.68. The number of nitrogens with one attached hydrogen (secondary N) is 2. The van der Waals surface area contributed by atoms with E-state index in [2.05, 4.69) is 34.6 Å². The molecule has 0 atom stereocenters. The molecule has 2 N–H and O–H groups in total. The van der Waals surface area contributed by atoms with Crippen molar-refractivity contribution in [3.63, 3.8) is 0 Å². The lowest BCUT2D eigenvalue weighted by Gasteiger charge is -2.03. The Labute approximate surface area is 89.7 Å². The van der Waals surface area contributed by atoms with Crippen molar-refractivity contribution in [2.45, 2.75) is 19.4 Å². The maximum absolute atomic E-state index is 3.51. The standard InChI is InChI=1S/C13H16N2/c1-2-10(1)8-14-9-11-3-4-12-5-6-15-13(12)7-11/h3-7,10,14-15H,1-2,8-9H2. The summed E-state index contributed by atoms with van der Waals surface area (Å²) < 4.78 is 0. The number of rotatable bonds is 4. The van der Waals surface area contributed by atoms with Crippen LogP contribution in [0.2, 0.25) is 0 Å². The summed E-state index contributed by atoms with van der Waals surface area (Å²) >= 11 is 0. The average molecular weight is 200 g/mol. The molecule has 1 fully saturated rings. The van der Waals surface area contributed by atoms with Gasteiger partial charge in [-0.25, -0.2) is 0 Å². The van der Waals surface area contributed by atoms with Crippen LogP contribution in [-0.4, -0.2) is 11.5 Å². The number of aromatic amines is 1. The zero-order valence-electron chi connectivity index (χ0n) is 8.79. The van der Waals surface area contributed by atoms with Gasteiger partial charge in [-0.15, -0.1) is 0 Å². The summed E-state index contributed by atoms with van der Waals surface area (Å²) in [6.45, 7) is 2.17. The number of benzene rings is 1. The van der Waals surface area contributed by atoms with Crippen molar-refractivity contribution in [1.29, 1.82) is 0 Å². The fraction of sp³-hybridized carbons (Fsp3) is 0.385. The molecule has 0 unspecified atom stereocenters. The molecule has 1 heterocycles. The smallest absolute Gasteiger partial charge is 0.0457 e. The van der Waals surface area contributed by atoms with Gasteiger partial charge in [-0.2, -0.15) is 0 Å². The molecule has 0 radical (unpaired) electrons. The zero-order valence-corrected chi connectivity index (χ0v) is 8.79. The Balaban J connectivity index is 1.67. The second-order valence-electron chi connectivity index (χ2n) is 4.47. The highest BCUT2D eigenvalue weighted by Crippen LogP contribution is 2.27. The molecule has 2 nitrogen and oxygen atoms in total. The number of aromatic nitrogens is 1. The van der Waals surface area contributed by atoms with Crippen molar-refractivity contribution >= 4 is 10.9 Å². The monoisotopic (exact) mass is 200 g/mol. The van der Waals surface area contributed by atoms with Gasteiger partial charge in [0.2, 0.25) is 0 Å². The molecular weight excluding hydrogens is 184 g/mol. The normalized spacial score (nSPS) is 16.0. The molecule has 1 saturated carbocycles. The molecule has 0 saturated heterocycles. The van der Waals surface area contributed by atoms with Gasteiger partial charge in [0.15, 0.2) is 0 Å². The van der Waals surface area contributed by atoms with Crippen LogP contribution in [0.25, 0.3) is 10.9 Å². The van der Waals surface area contributed by atoms with Crippen molar-refractivity contribution in [3.05, 3.63) is 36.0 Å². The number of hydrogen-bond acceptors (Lipinski definition) is 1. The first-order valence-corrected chi connectivity index (χ1v) is 5.68. The summed E-state index contributed by atoms with van der Waals surface area (Å²) in [4.78, 5) is 3.24. The van der Waals surface area contributed by atoms with E-state index >= 15 is 0 Å². The van der Waals surface area contributed by atoms with Crippen LogP contribution < -0.4 is 5.32 Å². The Morgan fingerprint density at radius 3 is 3.07 bits per heavy atom. The second-order valence-corrected chi connectivity index (χ2v) is 4.47. The SMILES string of the molecule is c1cc2ccc(CNCC3CC3)cc2[nH]1. The van der Waals surface area contributed by atoms with E-state index < -0.39 is 0 Å². The van der Waals surface area contributed by atoms with Crippen LogP contribution in [0, 0.1) is 5.92 Å². The van der Waals surface area contributed by atoms with Crippen LogP contribution in [0.15, 0.2) is 30.5 Å². The van der Waals surface area contributed by atoms with E-state index in [9.17, 15) is 0 Å². The quantitative estimate of drug-likeness (QED) is 0.780. The largest absolute Gasteiger partial charge is 0.361 e. The minimum absolute atomic E-state index is 0.958. The van der Waals surface area contributed by atoms with E-state index in [1.165, 1.54) is 35.9 Å². The van der Waals surface area contributed by atoms with Crippen LogP contribution in [-0.2, 0) is 6.54 Å². The number of H-pyrrole nitrogens is 1. The minimum atomic E-state index is 0.958. The molecule has 0 bridgehead atoms. The van der Waals surface area contributed by atoms with Crippen molar-refractivity contribution in [2.24, 2.45) is 5.92 Å². The van der Waals surface area contributed by atoms with Gasteiger partial charge in [-0.05, 0) is 48.4 Å². The molecule has 1 aliphatic rings. The molecule has 1 aromatic carbocycles. The summed E-state index contributed by atoms with van der Waals surface area (Å²) in [6.07, 6.45) is 4.83. The maximum Gasteiger partial charge on any atom is 0.0457 e. The Morgan fingerprint density at radius 2 is 2.20 bits per heavy atom. The van der Waals surface area contributed by atoms with Crippen molar-refractivity contribution < 1.29 is 0 Å². The lowest BCUT2D eigenvalue weighted by Crippen LogP contribution is -2.15. The average Bonchev–Trinajstić information content (AvgIpc) is 2.95. The predicted octanol–water partition coefficient (Wildman–Crippen LogP) is 2.67. The Bertz CT molecular complexity index is 454. The summed E-state index contributed by atoms with van der Waals surface area (Å²) in [6, 6.07) is 8.72. The molecule has 0 amide bonds. The van der Waals surface area contributed by atoms with E-state index in [0.29, 0.717) is 0 Å². The second kappa shape index (κ2) is 3.70. The number of hydrogen-bond donors (Lipinski definition) is 2. The third-order valence-electron chi connectivity index (χ3n) is 3.08. The van der Waals surface area contributed by atoms with Gasteiger partial charge in [0, 0.05) is 18.3 Å². The Kier molecular flexibility index (Phi) is 2.22. The van der Waals surface area contributed by atoms with Gasteiger partial charge in [0.25, 0.3) is 0 Å². The van der Waals surface area contributed by atoms with Crippen LogP contribution in [0.1, 0.15) is 18.4 Å². The maximum atomic E-state index is 3.51. The highest BCUT2D eigenvalue weighted by molar-refractivity contribution is 5.79. The molecule has 3 rings (SSSR count). The van der Waals surface area contributed by atoms with E-state index in [4.69, 9.17) is 0 Å². The third-order valence-corrected chi connectivity index (χ3v) is 3.08. The van der Waals surface area contributed by atoms with Crippen molar-refractivity contribution in [2.75, 3.05) is 6.54 Å². The summed E-state index contributed by atoms with van der Waals surface area (Å²) in [5, 5.41) is 4.80. The van der Waals surface area contributed by atoms with Gasteiger partial charge in [-0.1, -0.05) is 12.1 Å². The van der Waals surface area contributed by atoms with Crippen molar-refractivity contribution in [1.82, 2.24) is 10.3 Å². The van der Waals surface area contributed by atoms with E-state index in [-0.39, 0.29) is 0 Å². The number of fused-ring (bicyclic) bond motifs is 1.